The molecular weight excluding hydrogens is 256 g/mol. The zero-order chi connectivity index (χ0) is 13.5. The lowest BCUT2D eigenvalue weighted by atomic mass is 9.73. The van der Waals surface area contributed by atoms with Gasteiger partial charge in [0.1, 0.15) is 23.1 Å². The van der Waals surface area contributed by atoms with Crippen molar-refractivity contribution in [3.63, 3.8) is 0 Å². The molecule has 1 atom stereocenters. The number of nitrogens with zero attached hydrogens (tertiary/aromatic N) is 1. The van der Waals surface area contributed by atoms with Crippen LogP contribution in [0.5, 0.6) is 11.5 Å². The Bertz CT molecular complexity index is 503. The average molecular weight is 269 g/mol. The number of nitroso groups, excluding NO2 is 1. The second kappa shape index (κ2) is 4.43. The molecule has 1 spiro atoms. The Morgan fingerprint density at radius 1 is 1.42 bits per heavy atom. The van der Waals surface area contributed by atoms with E-state index >= 15 is 0 Å². The van der Waals surface area contributed by atoms with Gasteiger partial charge in [-0.15, -0.1) is 0 Å². The van der Waals surface area contributed by atoms with Gasteiger partial charge in [-0.1, -0.05) is 5.18 Å². The molecule has 3 rings (SSSR count). The molecule has 19 heavy (non-hydrogen) atoms. The van der Waals surface area contributed by atoms with E-state index in [1.54, 1.807) is 6.07 Å². The van der Waals surface area contributed by atoms with Crippen molar-refractivity contribution in [3.8, 4) is 11.5 Å². The predicted molar refractivity (Wildman–Crippen MR) is 63.4 cm³/mol. The van der Waals surface area contributed by atoms with Gasteiger partial charge in [-0.25, -0.2) is 0 Å². The van der Waals surface area contributed by atoms with E-state index in [0.717, 1.165) is 19.3 Å². The zero-order valence-electron chi connectivity index (χ0n) is 10.1. The van der Waals surface area contributed by atoms with E-state index in [1.807, 2.05) is 0 Å². The van der Waals surface area contributed by atoms with E-state index in [1.165, 1.54) is 12.1 Å². The molecule has 0 radical (unpaired) electrons. The molecule has 1 heterocycles. The average Bonchev–Trinajstić information content (AvgIpc) is 2.34. The fraction of sp³-hybridized carbons (Fsp3) is 0.538. The Morgan fingerprint density at radius 3 is 2.79 bits per heavy atom. The van der Waals surface area contributed by atoms with Gasteiger partial charge in [0.15, 0.2) is 0 Å². The summed E-state index contributed by atoms with van der Waals surface area (Å²) in [6, 6.07) is 3.93. The SMILES string of the molecule is O=NC1CC2(CCC2)Oc2cc(OC(F)F)ccc21. The minimum atomic E-state index is -2.88. The Morgan fingerprint density at radius 2 is 2.21 bits per heavy atom. The quantitative estimate of drug-likeness (QED) is 0.784. The lowest BCUT2D eigenvalue weighted by Gasteiger charge is -2.46. The third-order valence-electron chi connectivity index (χ3n) is 3.85. The number of rotatable bonds is 3. The summed E-state index contributed by atoms with van der Waals surface area (Å²) < 4.78 is 34.6. The van der Waals surface area contributed by atoms with E-state index in [0.29, 0.717) is 17.7 Å². The topological polar surface area (TPSA) is 47.9 Å². The first-order chi connectivity index (χ1) is 9.12. The standard InChI is InChI=1S/C13H13F2NO3/c14-12(15)18-8-2-3-9-10(16-17)7-13(4-1-5-13)19-11(9)6-8/h2-3,6,10,12H,1,4-5,7H2. The Hall–Kier alpha value is -1.72. The molecule has 1 aliphatic heterocycles. The van der Waals surface area contributed by atoms with Gasteiger partial charge in [0.2, 0.25) is 0 Å². The molecule has 1 saturated carbocycles. The summed E-state index contributed by atoms with van der Waals surface area (Å²) in [7, 11) is 0. The smallest absolute Gasteiger partial charge is 0.387 e. The van der Waals surface area contributed by atoms with Crippen LogP contribution in [0.15, 0.2) is 23.4 Å². The Kier molecular flexibility index (Phi) is 2.88. The molecule has 1 aromatic carbocycles. The predicted octanol–water partition coefficient (Wildman–Crippen LogP) is 3.80. The lowest BCUT2D eigenvalue weighted by Crippen LogP contribution is -2.46. The highest BCUT2D eigenvalue weighted by Gasteiger charge is 2.46. The minimum absolute atomic E-state index is 0.0368. The van der Waals surface area contributed by atoms with Crippen LogP contribution < -0.4 is 9.47 Å². The van der Waals surface area contributed by atoms with Crippen molar-refractivity contribution in [3.05, 3.63) is 28.7 Å². The highest BCUT2D eigenvalue weighted by atomic mass is 19.3. The van der Waals surface area contributed by atoms with Gasteiger partial charge in [-0.3, -0.25) is 0 Å². The van der Waals surface area contributed by atoms with E-state index in [2.05, 4.69) is 9.91 Å². The summed E-state index contributed by atoms with van der Waals surface area (Å²) in [5.41, 5.74) is 0.309. The maximum absolute atomic E-state index is 12.2. The highest BCUT2D eigenvalue weighted by Crippen LogP contribution is 2.50. The number of hydrogen-bond donors (Lipinski definition) is 0. The van der Waals surface area contributed by atoms with Crippen LogP contribution in [0.2, 0.25) is 0 Å². The van der Waals surface area contributed by atoms with E-state index in [-0.39, 0.29) is 11.4 Å². The van der Waals surface area contributed by atoms with E-state index in [9.17, 15) is 13.7 Å². The van der Waals surface area contributed by atoms with Crippen molar-refractivity contribution in [2.45, 2.75) is 43.9 Å². The third-order valence-corrected chi connectivity index (χ3v) is 3.85. The molecular formula is C13H13F2NO3. The van der Waals surface area contributed by atoms with Gasteiger partial charge in [-0.2, -0.15) is 13.7 Å². The molecule has 2 aliphatic rings. The Balaban J connectivity index is 1.93. The molecule has 1 fully saturated rings. The first-order valence-corrected chi connectivity index (χ1v) is 6.22. The second-order valence-electron chi connectivity index (χ2n) is 5.04. The number of fused-ring (bicyclic) bond motifs is 1. The van der Waals surface area contributed by atoms with Crippen LogP contribution in [-0.4, -0.2) is 12.2 Å². The van der Waals surface area contributed by atoms with Gasteiger partial charge in [-0.05, 0) is 31.4 Å². The summed E-state index contributed by atoms with van der Waals surface area (Å²) in [5, 5.41) is 3.14. The van der Waals surface area contributed by atoms with Crippen LogP contribution in [0.1, 0.15) is 37.3 Å². The monoisotopic (exact) mass is 269 g/mol. The minimum Gasteiger partial charge on any atom is -0.487 e. The zero-order valence-corrected chi connectivity index (χ0v) is 10.1. The molecule has 102 valence electrons. The van der Waals surface area contributed by atoms with Gasteiger partial charge < -0.3 is 9.47 Å². The van der Waals surface area contributed by atoms with Gasteiger partial charge >= 0.3 is 6.61 Å². The summed E-state index contributed by atoms with van der Waals surface area (Å²) in [6.07, 6.45) is 3.36. The first-order valence-electron chi connectivity index (χ1n) is 6.22. The highest BCUT2D eigenvalue weighted by molar-refractivity contribution is 5.45. The maximum atomic E-state index is 12.2. The molecule has 1 aliphatic carbocycles. The summed E-state index contributed by atoms with van der Waals surface area (Å²) in [4.78, 5) is 11.0. The van der Waals surface area contributed by atoms with Crippen LogP contribution in [0.4, 0.5) is 8.78 Å². The number of alkyl halides is 2. The van der Waals surface area contributed by atoms with Crippen molar-refractivity contribution >= 4 is 0 Å². The van der Waals surface area contributed by atoms with E-state index in [4.69, 9.17) is 4.74 Å². The molecule has 6 heteroatoms. The molecule has 0 bridgehead atoms. The first kappa shape index (κ1) is 12.3. The van der Waals surface area contributed by atoms with Crippen molar-refractivity contribution in [1.29, 1.82) is 0 Å². The van der Waals surface area contributed by atoms with Gasteiger partial charge in [0.25, 0.3) is 0 Å². The van der Waals surface area contributed by atoms with Crippen molar-refractivity contribution in [2.24, 2.45) is 5.18 Å². The number of halogens is 2. The third kappa shape index (κ3) is 2.15. The van der Waals surface area contributed by atoms with Crippen LogP contribution in [-0.2, 0) is 0 Å². The molecule has 0 N–H and O–H groups in total. The molecule has 0 saturated heterocycles. The molecule has 0 aromatic heterocycles. The largest absolute Gasteiger partial charge is 0.487 e. The van der Waals surface area contributed by atoms with Crippen molar-refractivity contribution in [1.82, 2.24) is 0 Å². The fourth-order valence-corrected chi connectivity index (χ4v) is 2.76. The van der Waals surface area contributed by atoms with Crippen molar-refractivity contribution in [2.75, 3.05) is 0 Å². The molecule has 4 nitrogen and oxygen atoms in total. The fourth-order valence-electron chi connectivity index (χ4n) is 2.76. The lowest BCUT2D eigenvalue weighted by molar-refractivity contribution is -0.0515. The number of ether oxygens (including phenoxy) is 2. The summed E-state index contributed by atoms with van der Waals surface area (Å²) >= 11 is 0. The molecule has 0 amide bonds. The summed E-state index contributed by atoms with van der Waals surface area (Å²) in [5.74, 6) is 0.475. The molecule has 1 unspecified atom stereocenters. The van der Waals surface area contributed by atoms with Gasteiger partial charge in [0, 0.05) is 18.1 Å². The van der Waals surface area contributed by atoms with Crippen LogP contribution in [0, 0.1) is 4.91 Å². The van der Waals surface area contributed by atoms with Gasteiger partial charge in [0.05, 0.1) is 0 Å². The molecule has 1 aromatic rings. The van der Waals surface area contributed by atoms with Crippen LogP contribution in [0.3, 0.4) is 0 Å². The number of benzene rings is 1. The number of hydrogen-bond acceptors (Lipinski definition) is 4. The van der Waals surface area contributed by atoms with Crippen LogP contribution in [0.25, 0.3) is 0 Å². The van der Waals surface area contributed by atoms with Crippen molar-refractivity contribution < 1.29 is 18.3 Å². The second-order valence-corrected chi connectivity index (χ2v) is 5.04. The summed E-state index contributed by atoms with van der Waals surface area (Å²) in [6.45, 7) is -2.88. The maximum Gasteiger partial charge on any atom is 0.387 e. The van der Waals surface area contributed by atoms with Crippen LogP contribution >= 0.6 is 0 Å². The normalized spacial score (nSPS) is 23.4. The Labute approximate surface area is 108 Å². The van der Waals surface area contributed by atoms with E-state index < -0.39 is 12.7 Å².